The Balaban J connectivity index is 1.52. The molecule has 1 amide bonds. The maximum atomic E-state index is 13.2. The third-order valence-corrected chi connectivity index (χ3v) is 8.17. The number of amides is 1. The van der Waals surface area contributed by atoms with Crippen LogP contribution < -0.4 is 5.32 Å². The number of para-hydroxylation sites is 1. The van der Waals surface area contributed by atoms with E-state index in [0.29, 0.717) is 5.69 Å². The number of rotatable bonds is 6. The predicted molar refractivity (Wildman–Crippen MR) is 117 cm³/mol. The summed E-state index contributed by atoms with van der Waals surface area (Å²) in [6.07, 6.45) is 0.180. The Hall–Kier alpha value is -3.01. The van der Waals surface area contributed by atoms with E-state index in [0.717, 1.165) is 22.5 Å². The van der Waals surface area contributed by atoms with Crippen molar-refractivity contribution in [2.24, 2.45) is 0 Å². The van der Waals surface area contributed by atoms with Crippen LogP contribution in [0, 0.1) is 0 Å². The first-order chi connectivity index (χ1) is 14.9. The van der Waals surface area contributed by atoms with Crippen molar-refractivity contribution in [2.75, 3.05) is 11.9 Å². The van der Waals surface area contributed by atoms with Crippen molar-refractivity contribution in [1.29, 1.82) is 0 Å². The first-order valence-corrected chi connectivity index (χ1v) is 11.9. The van der Waals surface area contributed by atoms with Crippen molar-refractivity contribution in [3.05, 3.63) is 83.2 Å². The Morgan fingerprint density at radius 2 is 1.71 bits per heavy atom. The Morgan fingerprint density at radius 1 is 1.00 bits per heavy atom. The number of thiophene rings is 1. The number of carbonyl (C=O) groups excluding carboxylic acids is 2. The minimum atomic E-state index is -3.89. The fourth-order valence-corrected chi connectivity index (χ4v) is 6.10. The zero-order valence-electron chi connectivity index (χ0n) is 16.4. The van der Waals surface area contributed by atoms with Crippen LogP contribution in [0.2, 0.25) is 0 Å². The maximum Gasteiger partial charge on any atom is 0.325 e. The monoisotopic (exact) mass is 456 g/mol. The summed E-state index contributed by atoms with van der Waals surface area (Å²) in [4.78, 5) is 25.0. The Bertz CT molecular complexity index is 1180. The normalized spacial score (nSPS) is 16.3. The van der Waals surface area contributed by atoms with Crippen molar-refractivity contribution >= 4 is 38.9 Å². The minimum Gasteiger partial charge on any atom is -0.454 e. The molecule has 0 spiro atoms. The highest BCUT2D eigenvalue weighted by Crippen LogP contribution is 2.31. The van der Waals surface area contributed by atoms with Crippen LogP contribution in [-0.4, -0.2) is 37.2 Å². The molecule has 7 nitrogen and oxygen atoms in total. The molecule has 9 heteroatoms. The molecule has 1 N–H and O–H groups in total. The van der Waals surface area contributed by atoms with Gasteiger partial charge in [0.25, 0.3) is 15.9 Å². The van der Waals surface area contributed by atoms with E-state index < -0.39 is 34.5 Å². The number of hydrogen-bond donors (Lipinski definition) is 1. The first kappa shape index (κ1) is 21.2. The summed E-state index contributed by atoms with van der Waals surface area (Å²) in [6, 6.07) is 18.3. The molecule has 1 aliphatic heterocycles. The molecule has 0 fully saturated rings. The van der Waals surface area contributed by atoms with Crippen LogP contribution >= 0.6 is 11.3 Å². The van der Waals surface area contributed by atoms with E-state index in [-0.39, 0.29) is 17.2 Å². The maximum absolute atomic E-state index is 13.2. The van der Waals surface area contributed by atoms with E-state index in [4.69, 9.17) is 4.74 Å². The largest absolute Gasteiger partial charge is 0.454 e. The molecule has 3 aromatic rings. The number of ether oxygens (including phenoxy) is 1. The topological polar surface area (TPSA) is 92.8 Å². The van der Waals surface area contributed by atoms with E-state index >= 15 is 0 Å². The molecule has 2 aromatic carbocycles. The number of esters is 1. The molecule has 1 aromatic heterocycles. The number of nitrogens with one attached hydrogen (secondary N) is 1. The van der Waals surface area contributed by atoms with Crippen molar-refractivity contribution in [2.45, 2.75) is 23.2 Å². The molecule has 0 radical (unpaired) electrons. The second-order valence-corrected chi connectivity index (χ2v) is 10.1. The second kappa shape index (κ2) is 9.01. The van der Waals surface area contributed by atoms with Gasteiger partial charge in [0.1, 0.15) is 10.3 Å². The fourth-order valence-electron chi connectivity index (χ4n) is 3.43. The van der Waals surface area contributed by atoms with Crippen LogP contribution in [0.25, 0.3) is 0 Å². The summed E-state index contributed by atoms with van der Waals surface area (Å²) in [5.41, 5.74) is 2.31. The number of fused-ring (bicyclic) bond motifs is 1. The molecule has 2 heterocycles. The summed E-state index contributed by atoms with van der Waals surface area (Å²) in [6.45, 7) is -0.439. The van der Waals surface area contributed by atoms with Gasteiger partial charge in [-0.3, -0.25) is 9.59 Å². The molecular formula is C22H20N2O5S2. The lowest BCUT2D eigenvalue weighted by Gasteiger charge is -2.34. The lowest BCUT2D eigenvalue weighted by molar-refractivity contribution is -0.151. The van der Waals surface area contributed by atoms with Gasteiger partial charge in [0.05, 0.1) is 0 Å². The summed E-state index contributed by atoms with van der Waals surface area (Å²) >= 11 is 1.09. The van der Waals surface area contributed by atoms with Gasteiger partial charge in [0, 0.05) is 18.7 Å². The molecule has 0 unspecified atom stereocenters. The molecule has 0 saturated heterocycles. The van der Waals surface area contributed by atoms with Crippen LogP contribution in [-0.2, 0) is 37.3 Å². The van der Waals surface area contributed by atoms with Gasteiger partial charge in [-0.2, -0.15) is 4.31 Å². The molecular weight excluding hydrogens is 436 g/mol. The lowest BCUT2D eigenvalue weighted by atomic mass is 9.96. The molecule has 1 aliphatic rings. The lowest BCUT2D eigenvalue weighted by Crippen LogP contribution is -2.49. The average molecular weight is 457 g/mol. The first-order valence-electron chi connectivity index (χ1n) is 9.59. The number of anilines is 1. The van der Waals surface area contributed by atoms with Crippen LogP contribution in [0.4, 0.5) is 5.69 Å². The van der Waals surface area contributed by atoms with Gasteiger partial charge < -0.3 is 10.1 Å². The Kier molecular flexibility index (Phi) is 6.17. The van der Waals surface area contributed by atoms with Gasteiger partial charge in [-0.15, -0.1) is 11.3 Å². The highest BCUT2D eigenvalue weighted by atomic mass is 32.2. The molecule has 0 bridgehead atoms. The molecule has 0 aliphatic carbocycles. The number of hydrogen-bond acceptors (Lipinski definition) is 6. The number of carbonyl (C=O) groups is 2. The van der Waals surface area contributed by atoms with E-state index in [2.05, 4.69) is 5.32 Å². The summed E-state index contributed by atoms with van der Waals surface area (Å²) in [5, 5.41) is 4.31. The summed E-state index contributed by atoms with van der Waals surface area (Å²) in [7, 11) is -3.89. The van der Waals surface area contributed by atoms with Gasteiger partial charge in [-0.25, -0.2) is 8.42 Å². The standard InChI is InChI=1S/C22H20N2O5S2/c25-20(23-18-9-2-1-3-10-18)15-29-22(26)19-13-16-7-4-5-8-17(16)14-24(19)31(27,28)21-11-6-12-30-21/h1-12,19H,13-15H2,(H,23,25)/t19-/m0/s1. The van der Waals surface area contributed by atoms with Crippen LogP contribution in [0.5, 0.6) is 0 Å². The second-order valence-electron chi connectivity index (χ2n) is 6.99. The molecule has 0 saturated carbocycles. The van der Waals surface area contributed by atoms with E-state index in [1.54, 1.807) is 35.7 Å². The predicted octanol–water partition coefficient (Wildman–Crippen LogP) is 3.05. The quantitative estimate of drug-likeness (QED) is 0.576. The van der Waals surface area contributed by atoms with Crippen LogP contribution in [0.1, 0.15) is 11.1 Å². The van der Waals surface area contributed by atoms with Crippen molar-refractivity contribution in [1.82, 2.24) is 4.31 Å². The number of benzene rings is 2. The smallest absolute Gasteiger partial charge is 0.325 e. The van der Waals surface area contributed by atoms with Crippen LogP contribution in [0.3, 0.4) is 0 Å². The van der Waals surface area contributed by atoms with Crippen molar-refractivity contribution < 1.29 is 22.7 Å². The van der Waals surface area contributed by atoms with Gasteiger partial charge >= 0.3 is 5.97 Å². The Labute approximate surface area is 184 Å². The van der Waals surface area contributed by atoms with Gasteiger partial charge in [0.15, 0.2) is 6.61 Å². The zero-order chi connectivity index (χ0) is 21.8. The fraction of sp³-hybridized carbons (Fsp3) is 0.182. The average Bonchev–Trinajstić information content (AvgIpc) is 3.33. The van der Waals surface area contributed by atoms with Gasteiger partial charge in [-0.05, 0) is 34.7 Å². The van der Waals surface area contributed by atoms with E-state index in [9.17, 15) is 18.0 Å². The number of nitrogens with zero attached hydrogens (tertiary/aromatic N) is 1. The third-order valence-electron chi connectivity index (χ3n) is 4.94. The molecule has 4 rings (SSSR count). The molecule has 1 atom stereocenters. The highest BCUT2D eigenvalue weighted by molar-refractivity contribution is 7.91. The molecule has 31 heavy (non-hydrogen) atoms. The summed E-state index contributed by atoms with van der Waals surface area (Å²) in [5.74, 6) is -1.25. The Morgan fingerprint density at radius 3 is 2.42 bits per heavy atom. The van der Waals surface area contributed by atoms with Gasteiger partial charge in [-0.1, -0.05) is 48.5 Å². The van der Waals surface area contributed by atoms with Gasteiger partial charge in [0.2, 0.25) is 0 Å². The third kappa shape index (κ3) is 4.68. The van der Waals surface area contributed by atoms with Crippen molar-refractivity contribution in [3.8, 4) is 0 Å². The van der Waals surface area contributed by atoms with E-state index in [1.807, 2.05) is 30.3 Å². The summed E-state index contributed by atoms with van der Waals surface area (Å²) < 4.78 is 32.9. The zero-order valence-corrected chi connectivity index (χ0v) is 18.1. The number of sulfonamides is 1. The van der Waals surface area contributed by atoms with Crippen molar-refractivity contribution in [3.63, 3.8) is 0 Å². The SMILES string of the molecule is O=C(COC(=O)[C@@H]1Cc2ccccc2CN1S(=O)(=O)c1cccs1)Nc1ccccc1. The minimum absolute atomic E-state index is 0.0619. The highest BCUT2D eigenvalue weighted by Gasteiger charge is 2.41. The van der Waals surface area contributed by atoms with Crippen LogP contribution in [0.15, 0.2) is 76.3 Å². The molecule has 160 valence electrons. The van der Waals surface area contributed by atoms with E-state index in [1.165, 1.54) is 10.4 Å².